The summed E-state index contributed by atoms with van der Waals surface area (Å²) in [5, 5.41) is 8.72. The summed E-state index contributed by atoms with van der Waals surface area (Å²) in [4.78, 5) is 10.8. The SMILES string of the molecule is CCCC(C#N)NS(=O)(=O)CCCC(=O)OC. The maximum absolute atomic E-state index is 11.5. The van der Waals surface area contributed by atoms with E-state index in [1.807, 2.05) is 13.0 Å². The maximum atomic E-state index is 11.5. The maximum Gasteiger partial charge on any atom is 0.305 e. The van der Waals surface area contributed by atoms with Gasteiger partial charge < -0.3 is 4.74 Å². The molecule has 0 aliphatic heterocycles. The van der Waals surface area contributed by atoms with E-state index in [2.05, 4.69) is 9.46 Å². The average molecular weight is 262 g/mol. The number of sulfonamides is 1. The van der Waals surface area contributed by atoms with Gasteiger partial charge in [0.1, 0.15) is 6.04 Å². The van der Waals surface area contributed by atoms with Crippen LogP contribution in [-0.4, -0.2) is 33.3 Å². The van der Waals surface area contributed by atoms with E-state index < -0.39 is 22.0 Å². The van der Waals surface area contributed by atoms with E-state index in [1.165, 1.54) is 7.11 Å². The lowest BCUT2D eigenvalue weighted by molar-refractivity contribution is -0.140. The van der Waals surface area contributed by atoms with Gasteiger partial charge in [0.25, 0.3) is 0 Å². The number of hydrogen-bond donors (Lipinski definition) is 1. The Bertz CT molecular complexity index is 372. The summed E-state index contributed by atoms with van der Waals surface area (Å²) in [5.41, 5.74) is 0. The van der Waals surface area contributed by atoms with Crippen molar-refractivity contribution in [3.8, 4) is 6.07 Å². The third kappa shape index (κ3) is 7.71. The summed E-state index contributed by atoms with van der Waals surface area (Å²) in [6, 6.07) is 1.20. The van der Waals surface area contributed by atoms with Crippen molar-refractivity contribution in [3.63, 3.8) is 0 Å². The number of hydrogen-bond acceptors (Lipinski definition) is 5. The summed E-state index contributed by atoms with van der Waals surface area (Å²) >= 11 is 0. The fraction of sp³-hybridized carbons (Fsp3) is 0.800. The molecule has 0 saturated heterocycles. The standard InChI is InChI=1S/C10H18N2O4S/c1-3-5-9(8-11)12-17(14,15)7-4-6-10(13)16-2/h9,12H,3-7H2,1-2H3. The lowest BCUT2D eigenvalue weighted by atomic mass is 10.2. The Balaban J connectivity index is 4.12. The van der Waals surface area contributed by atoms with Crippen molar-refractivity contribution in [2.24, 2.45) is 0 Å². The zero-order chi connectivity index (χ0) is 13.3. The molecule has 0 fully saturated rings. The molecule has 0 radical (unpaired) electrons. The van der Waals surface area contributed by atoms with Gasteiger partial charge in [-0.25, -0.2) is 8.42 Å². The Labute approximate surface area is 102 Å². The first-order valence-corrected chi connectivity index (χ1v) is 7.06. The molecule has 0 rings (SSSR count). The number of esters is 1. The molecule has 0 aromatic rings. The van der Waals surface area contributed by atoms with Crippen LogP contribution in [0.1, 0.15) is 32.6 Å². The van der Waals surface area contributed by atoms with Crippen molar-refractivity contribution >= 4 is 16.0 Å². The number of carbonyl (C=O) groups is 1. The topological polar surface area (TPSA) is 96.3 Å². The van der Waals surface area contributed by atoms with Crippen LogP contribution in [0.15, 0.2) is 0 Å². The molecule has 0 aromatic heterocycles. The molecule has 1 unspecified atom stereocenters. The van der Waals surface area contributed by atoms with Crippen LogP contribution in [0.2, 0.25) is 0 Å². The molecule has 0 aliphatic carbocycles. The van der Waals surface area contributed by atoms with E-state index in [0.29, 0.717) is 6.42 Å². The lowest BCUT2D eigenvalue weighted by Gasteiger charge is -2.10. The second-order valence-corrected chi connectivity index (χ2v) is 5.46. The number of nitrogens with zero attached hydrogens (tertiary/aromatic N) is 1. The fourth-order valence-corrected chi connectivity index (χ4v) is 2.47. The molecule has 0 saturated carbocycles. The molecule has 0 heterocycles. The second-order valence-electron chi connectivity index (χ2n) is 3.59. The van der Waals surface area contributed by atoms with Gasteiger partial charge in [0, 0.05) is 6.42 Å². The van der Waals surface area contributed by atoms with Gasteiger partial charge in [-0.15, -0.1) is 0 Å². The van der Waals surface area contributed by atoms with Crippen molar-refractivity contribution < 1.29 is 17.9 Å². The highest BCUT2D eigenvalue weighted by Gasteiger charge is 2.17. The first kappa shape index (κ1) is 15.9. The largest absolute Gasteiger partial charge is 0.469 e. The van der Waals surface area contributed by atoms with Crippen molar-refractivity contribution in [2.45, 2.75) is 38.6 Å². The lowest BCUT2D eigenvalue weighted by Crippen LogP contribution is -2.35. The van der Waals surface area contributed by atoms with Crippen LogP contribution >= 0.6 is 0 Å². The minimum atomic E-state index is -3.50. The molecular formula is C10H18N2O4S. The predicted octanol–water partition coefficient (Wildman–Crippen LogP) is 0.551. The number of rotatable bonds is 8. The molecule has 17 heavy (non-hydrogen) atoms. The van der Waals surface area contributed by atoms with Gasteiger partial charge in [0.05, 0.1) is 18.9 Å². The number of methoxy groups -OCH3 is 1. The van der Waals surface area contributed by atoms with Crippen molar-refractivity contribution in [1.82, 2.24) is 4.72 Å². The Kier molecular flexibility index (Phi) is 7.50. The molecule has 1 atom stereocenters. The van der Waals surface area contributed by atoms with E-state index in [4.69, 9.17) is 5.26 Å². The Morgan fingerprint density at radius 2 is 2.18 bits per heavy atom. The van der Waals surface area contributed by atoms with E-state index in [-0.39, 0.29) is 18.6 Å². The summed E-state index contributed by atoms with van der Waals surface area (Å²) in [6.45, 7) is 1.87. The van der Waals surface area contributed by atoms with Gasteiger partial charge in [0.15, 0.2) is 0 Å². The van der Waals surface area contributed by atoms with Crippen LogP contribution in [-0.2, 0) is 19.6 Å². The van der Waals surface area contributed by atoms with Crippen LogP contribution in [0.25, 0.3) is 0 Å². The normalized spacial score (nSPS) is 12.8. The molecule has 0 amide bonds. The van der Waals surface area contributed by atoms with Crippen LogP contribution in [0.4, 0.5) is 0 Å². The molecule has 98 valence electrons. The molecule has 0 bridgehead atoms. The van der Waals surface area contributed by atoms with Crippen LogP contribution < -0.4 is 4.72 Å². The summed E-state index contributed by atoms with van der Waals surface area (Å²) in [7, 11) is -2.25. The number of carbonyl (C=O) groups excluding carboxylic acids is 1. The van der Waals surface area contributed by atoms with Crippen LogP contribution in [0, 0.1) is 11.3 Å². The van der Waals surface area contributed by atoms with Gasteiger partial charge >= 0.3 is 5.97 Å². The fourth-order valence-electron chi connectivity index (χ4n) is 1.22. The van der Waals surface area contributed by atoms with E-state index in [9.17, 15) is 13.2 Å². The third-order valence-electron chi connectivity index (χ3n) is 2.08. The highest BCUT2D eigenvalue weighted by molar-refractivity contribution is 7.89. The zero-order valence-corrected chi connectivity index (χ0v) is 10.9. The molecule has 1 N–H and O–H groups in total. The Morgan fingerprint density at radius 3 is 2.65 bits per heavy atom. The minimum Gasteiger partial charge on any atom is -0.469 e. The monoisotopic (exact) mass is 262 g/mol. The van der Waals surface area contributed by atoms with Gasteiger partial charge in [-0.3, -0.25) is 4.79 Å². The van der Waals surface area contributed by atoms with Crippen LogP contribution in [0.3, 0.4) is 0 Å². The van der Waals surface area contributed by atoms with Gasteiger partial charge in [0.2, 0.25) is 10.0 Å². The van der Waals surface area contributed by atoms with Gasteiger partial charge in [-0.05, 0) is 12.8 Å². The van der Waals surface area contributed by atoms with Gasteiger partial charge in [-0.2, -0.15) is 9.98 Å². The first-order chi connectivity index (χ1) is 7.95. The van der Waals surface area contributed by atoms with Crippen molar-refractivity contribution in [1.29, 1.82) is 5.26 Å². The highest BCUT2D eigenvalue weighted by Crippen LogP contribution is 2.01. The molecule has 0 aromatic carbocycles. The van der Waals surface area contributed by atoms with E-state index in [0.717, 1.165) is 6.42 Å². The summed E-state index contributed by atoms with van der Waals surface area (Å²) < 4.78 is 29.8. The average Bonchev–Trinajstić information content (AvgIpc) is 2.27. The number of nitrogens with one attached hydrogen (secondary N) is 1. The number of ether oxygens (including phenoxy) is 1. The Morgan fingerprint density at radius 1 is 1.53 bits per heavy atom. The second kappa shape index (κ2) is 8.03. The molecular weight excluding hydrogens is 244 g/mol. The summed E-state index contributed by atoms with van der Waals surface area (Å²) in [6.07, 6.45) is 1.45. The van der Waals surface area contributed by atoms with Gasteiger partial charge in [-0.1, -0.05) is 13.3 Å². The van der Waals surface area contributed by atoms with Crippen molar-refractivity contribution in [2.75, 3.05) is 12.9 Å². The Hall–Kier alpha value is -1.13. The highest BCUT2D eigenvalue weighted by atomic mass is 32.2. The van der Waals surface area contributed by atoms with E-state index >= 15 is 0 Å². The number of nitriles is 1. The first-order valence-electron chi connectivity index (χ1n) is 5.41. The molecule has 6 nitrogen and oxygen atoms in total. The quantitative estimate of drug-likeness (QED) is 0.644. The molecule has 0 aliphatic rings. The van der Waals surface area contributed by atoms with Crippen LogP contribution in [0.5, 0.6) is 0 Å². The smallest absolute Gasteiger partial charge is 0.305 e. The molecule has 7 heteroatoms. The van der Waals surface area contributed by atoms with E-state index in [1.54, 1.807) is 0 Å². The predicted molar refractivity (Wildman–Crippen MR) is 62.5 cm³/mol. The van der Waals surface area contributed by atoms with Crippen molar-refractivity contribution in [3.05, 3.63) is 0 Å². The third-order valence-corrected chi connectivity index (χ3v) is 3.55. The molecule has 0 spiro atoms. The zero-order valence-electron chi connectivity index (χ0n) is 10.1. The minimum absolute atomic E-state index is 0.0579. The summed E-state index contributed by atoms with van der Waals surface area (Å²) in [5.74, 6) is -0.616.